The SMILES string of the molecule is CCOC(=O)N1CCC(NC(=O)C2CC23CCN(C(=O)Cc2cccc(Cl)c2)CC3)CC1. The molecule has 2 heterocycles. The predicted octanol–water partition coefficient (Wildman–Crippen LogP) is 3.25. The van der Waals surface area contributed by atoms with Crippen LogP contribution in [0.2, 0.25) is 5.02 Å². The molecule has 1 aromatic rings. The van der Waals surface area contributed by atoms with E-state index in [1.165, 1.54) is 0 Å². The zero-order valence-electron chi connectivity index (χ0n) is 18.6. The number of halogens is 1. The first-order valence-electron chi connectivity index (χ1n) is 11.6. The van der Waals surface area contributed by atoms with Crippen molar-refractivity contribution in [2.75, 3.05) is 32.8 Å². The molecule has 3 aliphatic rings. The second kappa shape index (κ2) is 9.69. The quantitative estimate of drug-likeness (QED) is 0.730. The Bertz CT molecular complexity index is 861. The fourth-order valence-corrected chi connectivity index (χ4v) is 5.34. The average Bonchev–Trinajstić information content (AvgIpc) is 3.48. The third-order valence-corrected chi connectivity index (χ3v) is 7.46. The fourth-order valence-electron chi connectivity index (χ4n) is 5.13. The smallest absolute Gasteiger partial charge is 0.409 e. The molecule has 0 aromatic heterocycles. The van der Waals surface area contributed by atoms with Crippen LogP contribution in [0.1, 0.15) is 44.6 Å². The van der Waals surface area contributed by atoms with Gasteiger partial charge in [-0.15, -0.1) is 0 Å². The standard InChI is InChI=1S/C24H32ClN3O4/c1-2-32-23(31)28-10-6-19(7-11-28)26-22(30)20-16-24(20)8-12-27(13-9-24)21(29)15-17-4-3-5-18(25)14-17/h3-5,14,19-20H,2,6-13,15-16H2,1H3,(H,26,30). The summed E-state index contributed by atoms with van der Waals surface area (Å²) in [5, 5.41) is 3.85. The number of amides is 3. The molecule has 2 saturated heterocycles. The highest BCUT2D eigenvalue weighted by molar-refractivity contribution is 6.30. The van der Waals surface area contributed by atoms with Gasteiger partial charge in [-0.05, 0) is 62.1 Å². The predicted molar refractivity (Wildman–Crippen MR) is 121 cm³/mol. The summed E-state index contributed by atoms with van der Waals surface area (Å²) >= 11 is 6.02. The molecule has 1 aliphatic carbocycles. The molecule has 7 nitrogen and oxygen atoms in total. The molecule has 1 saturated carbocycles. The molecule has 4 rings (SSSR count). The first-order valence-corrected chi connectivity index (χ1v) is 12.0. The van der Waals surface area contributed by atoms with Crippen molar-refractivity contribution < 1.29 is 19.1 Å². The lowest BCUT2D eigenvalue weighted by atomic mass is 9.90. The minimum absolute atomic E-state index is 0.0516. The molecule has 8 heteroatoms. The van der Waals surface area contributed by atoms with Gasteiger partial charge in [-0.2, -0.15) is 0 Å². The van der Waals surface area contributed by atoms with Gasteiger partial charge in [0, 0.05) is 43.2 Å². The Balaban J connectivity index is 1.20. The van der Waals surface area contributed by atoms with Crippen LogP contribution in [0.3, 0.4) is 0 Å². The monoisotopic (exact) mass is 461 g/mol. The van der Waals surface area contributed by atoms with Gasteiger partial charge < -0.3 is 19.9 Å². The number of nitrogens with zero attached hydrogens (tertiary/aromatic N) is 2. The minimum atomic E-state index is -0.268. The molecule has 1 N–H and O–H groups in total. The molecule has 0 radical (unpaired) electrons. The first-order chi connectivity index (χ1) is 15.4. The van der Waals surface area contributed by atoms with Crippen molar-refractivity contribution in [1.82, 2.24) is 15.1 Å². The second-order valence-corrected chi connectivity index (χ2v) is 9.71. The molecule has 1 aromatic carbocycles. The van der Waals surface area contributed by atoms with Crippen LogP contribution in [0.15, 0.2) is 24.3 Å². The largest absolute Gasteiger partial charge is 0.450 e. The molecular formula is C24H32ClN3O4. The second-order valence-electron chi connectivity index (χ2n) is 9.28. The lowest BCUT2D eigenvalue weighted by Gasteiger charge is -2.34. The number of nitrogens with one attached hydrogen (secondary N) is 1. The molecule has 1 unspecified atom stereocenters. The van der Waals surface area contributed by atoms with E-state index in [9.17, 15) is 14.4 Å². The number of hydrogen-bond acceptors (Lipinski definition) is 4. The lowest BCUT2D eigenvalue weighted by Crippen LogP contribution is -2.47. The van der Waals surface area contributed by atoms with Crippen LogP contribution in [0.25, 0.3) is 0 Å². The van der Waals surface area contributed by atoms with E-state index < -0.39 is 0 Å². The molecule has 1 spiro atoms. The molecule has 2 aliphatic heterocycles. The number of piperidine rings is 2. The Hall–Kier alpha value is -2.28. The van der Waals surface area contributed by atoms with Gasteiger partial charge in [0.1, 0.15) is 0 Å². The van der Waals surface area contributed by atoms with Crippen LogP contribution in [0.5, 0.6) is 0 Å². The van der Waals surface area contributed by atoms with E-state index in [2.05, 4.69) is 5.32 Å². The van der Waals surface area contributed by atoms with E-state index in [0.717, 1.165) is 37.7 Å². The van der Waals surface area contributed by atoms with Gasteiger partial charge in [0.15, 0.2) is 0 Å². The molecule has 174 valence electrons. The summed E-state index contributed by atoms with van der Waals surface area (Å²) in [5.74, 6) is 0.311. The first kappa shape index (κ1) is 22.9. The molecule has 32 heavy (non-hydrogen) atoms. The summed E-state index contributed by atoms with van der Waals surface area (Å²) in [6, 6.07) is 7.55. The number of rotatable bonds is 5. The molecular weight excluding hydrogens is 430 g/mol. The third-order valence-electron chi connectivity index (χ3n) is 7.23. The van der Waals surface area contributed by atoms with Crippen molar-refractivity contribution in [1.29, 1.82) is 0 Å². The highest BCUT2D eigenvalue weighted by Crippen LogP contribution is 2.59. The number of benzene rings is 1. The summed E-state index contributed by atoms with van der Waals surface area (Å²) in [5.41, 5.74) is 0.989. The Morgan fingerprint density at radius 3 is 2.50 bits per heavy atom. The molecule has 1 atom stereocenters. The van der Waals surface area contributed by atoms with Crippen LogP contribution in [-0.2, 0) is 20.7 Å². The van der Waals surface area contributed by atoms with E-state index in [0.29, 0.717) is 44.2 Å². The van der Waals surface area contributed by atoms with Crippen molar-refractivity contribution in [2.45, 2.75) is 51.5 Å². The van der Waals surface area contributed by atoms with Gasteiger partial charge >= 0.3 is 6.09 Å². The minimum Gasteiger partial charge on any atom is -0.450 e. The van der Waals surface area contributed by atoms with Gasteiger partial charge in [-0.25, -0.2) is 4.79 Å². The summed E-state index contributed by atoms with van der Waals surface area (Å²) < 4.78 is 5.05. The van der Waals surface area contributed by atoms with E-state index in [1.54, 1.807) is 11.8 Å². The molecule has 3 fully saturated rings. The van der Waals surface area contributed by atoms with Gasteiger partial charge in [0.05, 0.1) is 13.0 Å². The Morgan fingerprint density at radius 1 is 1.12 bits per heavy atom. The number of ether oxygens (including phenoxy) is 1. The number of carbonyl (C=O) groups is 3. The number of likely N-dealkylation sites (tertiary alicyclic amines) is 2. The van der Waals surface area contributed by atoms with E-state index in [4.69, 9.17) is 16.3 Å². The van der Waals surface area contributed by atoms with E-state index in [-0.39, 0.29) is 35.3 Å². The summed E-state index contributed by atoms with van der Waals surface area (Å²) in [7, 11) is 0. The topological polar surface area (TPSA) is 79.0 Å². The third kappa shape index (κ3) is 5.20. The normalized spacial score (nSPS) is 22.5. The Labute approximate surface area is 194 Å². The molecule has 3 amide bonds. The van der Waals surface area contributed by atoms with Crippen molar-refractivity contribution in [3.63, 3.8) is 0 Å². The van der Waals surface area contributed by atoms with Crippen LogP contribution in [0, 0.1) is 11.3 Å². The van der Waals surface area contributed by atoms with Gasteiger partial charge in [0.2, 0.25) is 11.8 Å². The number of carbonyl (C=O) groups excluding carboxylic acids is 3. The van der Waals surface area contributed by atoms with Crippen molar-refractivity contribution in [3.8, 4) is 0 Å². The summed E-state index contributed by atoms with van der Waals surface area (Å²) in [4.78, 5) is 41.0. The van der Waals surface area contributed by atoms with E-state index >= 15 is 0 Å². The van der Waals surface area contributed by atoms with Gasteiger partial charge in [-0.3, -0.25) is 9.59 Å². The summed E-state index contributed by atoms with van der Waals surface area (Å²) in [6.07, 6.45) is 4.29. The van der Waals surface area contributed by atoms with Gasteiger partial charge in [-0.1, -0.05) is 23.7 Å². The van der Waals surface area contributed by atoms with Crippen molar-refractivity contribution in [3.05, 3.63) is 34.9 Å². The average molecular weight is 462 g/mol. The zero-order chi connectivity index (χ0) is 22.7. The van der Waals surface area contributed by atoms with Crippen LogP contribution >= 0.6 is 11.6 Å². The highest BCUT2D eigenvalue weighted by atomic mass is 35.5. The lowest BCUT2D eigenvalue weighted by molar-refractivity contribution is -0.132. The van der Waals surface area contributed by atoms with Crippen molar-refractivity contribution in [2.24, 2.45) is 11.3 Å². The maximum atomic E-state index is 12.8. The summed E-state index contributed by atoms with van der Waals surface area (Å²) in [6.45, 7) is 4.83. The van der Waals surface area contributed by atoms with Crippen LogP contribution in [-0.4, -0.2) is 66.5 Å². The fraction of sp³-hybridized carbons (Fsp3) is 0.625. The molecule has 0 bridgehead atoms. The number of hydrogen-bond donors (Lipinski definition) is 1. The van der Waals surface area contributed by atoms with Crippen molar-refractivity contribution >= 4 is 29.5 Å². The Morgan fingerprint density at radius 2 is 1.84 bits per heavy atom. The van der Waals surface area contributed by atoms with Crippen LogP contribution in [0.4, 0.5) is 4.79 Å². The van der Waals surface area contributed by atoms with Gasteiger partial charge in [0.25, 0.3) is 0 Å². The maximum absolute atomic E-state index is 12.8. The van der Waals surface area contributed by atoms with Crippen LogP contribution < -0.4 is 5.32 Å². The van der Waals surface area contributed by atoms with E-state index in [1.807, 2.05) is 29.2 Å². The Kier molecular flexibility index (Phi) is 6.93. The maximum Gasteiger partial charge on any atom is 0.409 e. The highest BCUT2D eigenvalue weighted by Gasteiger charge is 2.58. The zero-order valence-corrected chi connectivity index (χ0v) is 19.4.